The molecule has 0 aliphatic rings. The molecule has 2 rings (SSSR count). The lowest BCUT2D eigenvalue weighted by Crippen LogP contribution is -2.01. The van der Waals surface area contributed by atoms with Gasteiger partial charge in [-0.1, -0.05) is 17.7 Å². The largest absolute Gasteiger partial charge is 0.496 e. The van der Waals surface area contributed by atoms with Crippen molar-refractivity contribution in [2.24, 2.45) is 5.73 Å². The monoisotopic (exact) mass is 276 g/mol. The van der Waals surface area contributed by atoms with Crippen molar-refractivity contribution in [2.75, 3.05) is 13.7 Å². The Morgan fingerprint density at radius 2 is 2.11 bits per heavy atom. The van der Waals surface area contributed by atoms with E-state index in [1.807, 2.05) is 6.07 Å². The molecule has 102 valence electrons. The molecule has 0 atom stereocenters. The van der Waals surface area contributed by atoms with Crippen LogP contribution in [0.4, 0.5) is 0 Å². The molecule has 0 aliphatic heterocycles. The maximum Gasteiger partial charge on any atom is 0.122 e. The van der Waals surface area contributed by atoms with E-state index in [1.54, 1.807) is 18.4 Å². The highest BCUT2D eigenvalue weighted by Crippen LogP contribution is 2.27. The van der Waals surface area contributed by atoms with Crippen molar-refractivity contribution in [2.45, 2.75) is 26.7 Å². The number of hydrogen-bond acceptors (Lipinski definition) is 4. The van der Waals surface area contributed by atoms with Gasteiger partial charge in [-0.2, -0.15) is 0 Å². The molecule has 0 radical (unpaired) electrons. The topological polar surface area (TPSA) is 48.1 Å². The third kappa shape index (κ3) is 3.33. The fourth-order valence-electron chi connectivity index (χ4n) is 2.10. The molecule has 1 aromatic carbocycles. The van der Waals surface area contributed by atoms with Gasteiger partial charge in [-0.15, -0.1) is 11.3 Å². The highest BCUT2D eigenvalue weighted by Gasteiger charge is 2.11. The smallest absolute Gasteiger partial charge is 0.122 e. The van der Waals surface area contributed by atoms with Crippen molar-refractivity contribution in [3.8, 4) is 5.75 Å². The zero-order valence-corrected chi connectivity index (χ0v) is 12.5. The predicted molar refractivity (Wildman–Crippen MR) is 80.1 cm³/mol. The molecule has 0 saturated heterocycles. The average molecular weight is 276 g/mol. The van der Waals surface area contributed by atoms with E-state index < -0.39 is 0 Å². The van der Waals surface area contributed by atoms with E-state index in [-0.39, 0.29) is 0 Å². The van der Waals surface area contributed by atoms with Gasteiger partial charge in [0.15, 0.2) is 0 Å². The van der Waals surface area contributed by atoms with Crippen LogP contribution in [0.2, 0.25) is 0 Å². The summed E-state index contributed by atoms with van der Waals surface area (Å²) in [6.45, 7) is 4.82. The van der Waals surface area contributed by atoms with Crippen LogP contribution in [0, 0.1) is 13.8 Å². The average Bonchev–Trinajstić information content (AvgIpc) is 2.71. The van der Waals surface area contributed by atoms with E-state index in [0.29, 0.717) is 6.54 Å². The lowest BCUT2D eigenvalue weighted by atomic mass is 10.1. The second kappa shape index (κ2) is 6.17. The van der Waals surface area contributed by atoms with Crippen LogP contribution < -0.4 is 10.5 Å². The summed E-state index contributed by atoms with van der Waals surface area (Å²) < 4.78 is 5.43. The van der Waals surface area contributed by atoms with Gasteiger partial charge >= 0.3 is 0 Å². The molecule has 0 amide bonds. The van der Waals surface area contributed by atoms with Crippen LogP contribution in [0.25, 0.3) is 0 Å². The third-order valence-corrected chi connectivity index (χ3v) is 4.30. The number of thiazole rings is 1. The number of rotatable bonds is 5. The Morgan fingerprint density at radius 3 is 2.79 bits per heavy atom. The molecule has 2 N–H and O–H groups in total. The Balaban J connectivity index is 2.27. The number of nitrogens with two attached hydrogens (primary N) is 1. The zero-order chi connectivity index (χ0) is 13.8. The van der Waals surface area contributed by atoms with Gasteiger partial charge in [0.1, 0.15) is 5.75 Å². The summed E-state index contributed by atoms with van der Waals surface area (Å²) in [6, 6.07) is 6.28. The molecular weight excluding hydrogens is 256 g/mol. The molecule has 0 fully saturated rings. The Morgan fingerprint density at radius 1 is 1.32 bits per heavy atom. The zero-order valence-electron chi connectivity index (χ0n) is 11.7. The molecule has 1 heterocycles. The van der Waals surface area contributed by atoms with Gasteiger partial charge in [0.25, 0.3) is 0 Å². The highest BCUT2D eigenvalue weighted by molar-refractivity contribution is 7.11. The fourth-order valence-corrected chi connectivity index (χ4v) is 3.21. The first-order valence-corrected chi connectivity index (χ1v) is 7.24. The fraction of sp³-hybridized carbons (Fsp3) is 0.400. The van der Waals surface area contributed by atoms with Crippen molar-refractivity contribution in [1.82, 2.24) is 4.98 Å². The van der Waals surface area contributed by atoms with E-state index in [2.05, 4.69) is 31.0 Å². The SMILES string of the molecule is COc1ccc(C)cc1Cc1sc(CCN)nc1C. The summed E-state index contributed by atoms with van der Waals surface area (Å²) in [5.41, 5.74) is 9.16. The van der Waals surface area contributed by atoms with Gasteiger partial charge in [0, 0.05) is 17.7 Å². The summed E-state index contributed by atoms with van der Waals surface area (Å²) in [6.07, 6.45) is 1.73. The lowest BCUT2D eigenvalue weighted by molar-refractivity contribution is 0.410. The number of methoxy groups -OCH3 is 1. The van der Waals surface area contributed by atoms with Crippen LogP contribution >= 0.6 is 11.3 Å². The normalized spacial score (nSPS) is 10.7. The number of nitrogens with zero attached hydrogens (tertiary/aromatic N) is 1. The van der Waals surface area contributed by atoms with Gasteiger partial charge in [0.05, 0.1) is 17.8 Å². The van der Waals surface area contributed by atoms with Gasteiger partial charge < -0.3 is 10.5 Å². The first kappa shape index (κ1) is 14.0. The van der Waals surface area contributed by atoms with Crippen LogP contribution in [0.1, 0.15) is 26.7 Å². The van der Waals surface area contributed by atoms with E-state index in [0.717, 1.165) is 29.3 Å². The van der Waals surface area contributed by atoms with Crippen LogP contribution in [0.5, 0.6) is 5.75 Å². The van der Waals surface area contributed by atoms with Crippen molar-refractivity contribution in [1.29, 1.82) is 0 Å². The predicted octanol–water partition coefficient (Wildman–Crippen LogP) is 2.86. The molecule has 0 bridgehead atoms. The quantitative estimate of drug-likeness (QED) is 0.913. The van der Waals surface area contributed by atoms with E-state index in [9.17, 15) is 0 Å². The van der Waals surface area contributed by atoms with Crippen LogP contribution in [-0.4, -0.2) is 18.6 Å². The minimum atomic E-state index is 0.653. The minimum Gasteiger partial charge on any atom is -0.496 e. The van der Waals surface area contributed by atoms with Crippen molar-refractivity contribution < 1.29 is 4.74 Å². The van der Waals surface area contributed by atoms with E-state index in [4.69, 9.17) is 10.5 Å². The molecule has 0 spiro atoms. The van der Waals surface area contributed by atoms with Crippen molar-refractivity contribution in [3.05, 3.63) is 44.9 Å². The van der Waals surface area contributed by atoms with E-state index in [1.165, 1.54) is 16.0 Å². The molecule has 3 nitrogen and oxygen atoms in total. The molecule has 2 aromatic rings. The summed E-state index contributed by atoms with van der Waals surface area (Å²) >= 11 is 1.76. The van der Waals surface area contributed by atoms with Gasteiger partial charge in [-0.3, -0.25) is 0 Å². The maximum absolute atomic E-state index is 5.58. The van der Waals surface area contributed by atoms with Gasteiger partial charge in [-0.05, 0) is 32.0 Å². The van der Waals surface area contributed by atoms with Crippen LogP contribution in [0.3, 0.4) is 0 Å². The number of ether oxygens (including phenoxy) is 1. The first-order valence-electron chi connectivity index (χ1n) is 6.42. The minimum absolute atomic E-state index is 0.653. The molecular formula is C15H20N2OS. The number of benzene rings is 1. The van der Waals surface area contributed by atoms with E-state index >= 15 is 0 Å². The molecule has 0 unspecified atom stereocenters. The summed E-state index contributed by atoms with van der Waals surface area (Å²) in [4.78, 5) is 5.87. The standard InChI is InChI=1S/C15H20N2OS/c1-10-4-5-13(18-3)12(8-10)9-14-11(2)17-15(19-14)6-7-16/h4-5,8H,6-7,9,16H2,1-3H3. The molecule has 0 aliphatic carbocycles. The summed E-state index contributed by atoms with van der Waals surface area (Å²) in [5, 5.41) is 1.13. The second-order valence-electron chi connectivity index (χ2n) is 4.65. The van der Waals surface area contributed by atoms with Gasteiger partial charge in [-0.25, -0.2) is 4.98 Å². The molecule has 4 heteroatoms. The highest BCUT2D eigenvalue weighted by atomic mass is 32.1. The maximum atomic E-state index is 5.58. The van der Waals surface area contributed by atoms with Crippen molar-refractivity contribution in [3.63, 3.8) is 0 Å². The molecule has 19 heavy (non-hydrogen) atoms. The van der Waals surface area contributed by atoms with Crippen LogP contribution in [-0.2, 0) is 12.8 Å². The molecule has 1 aromatic heterocycles. The van der Waals surface area contributed by atoms with Crippen molar-refractivity contribution >= 4 is 11.3 Å². The van der Waals surface area contributed by atoms with Crippen LogP contribution in [0.15, 0.2) is 18.2 Å². The third-order valence-electron chi connectivity index (χ3n) is 3.08. The first-order chi connectivity index (χ1) is 9.13. The Hall–Kier alpha value is -1.39. The lowest BCUT2D eigenvalue weighted by Gasteiger charge is -2.08. The summed E-state index contributed by atoms with van der Waals surface area (Å²) in [7, 11) is 1.72. The Bertz CT molecular complexity index is 563. The second-order valence-corrected chi connectivity index (χ2v) is 5.82. The number of aromatic nitrogens is 1. The Kier molecular flexibility index (Phi) is 4.56. The molecule has 0 saturated carbocycles. The number of hydrogen-bond donors (Lipinski definition) is 1. The number of aryl methyl sites for hydroxylation is 2. The van der Waals surface area contributed by atoms with Gasteiger partial charge in [0.2, 0.25) is 0 Å². The Labute approximate surface area is 118 Å². The summed E-state index contributed by atoms with van der Waals surface area (Å²) in [5.74, 6) is 0.943.